The minimum absolute atomic E-state index is 0.0367. The summed E-state index contributed by atoms with van der Waals surface area (Å²) in [6.07, 6.45) is 2.20. The van der Waals surface area contributed by atoms with Crippen molar-refractivity contribution in [2.24, 2.45) is 7.05 Å². The van der Waals surface area contributed by atoms with E-state index < -0.39 is 5.97 Å². The molecule has 1 aromatic carbocycles. The number of aromatic nitrogens is 4. The molecule has 1 N–H and O–H groups in total. The van der Waals surface area contributed by atoms with Crippen LogP contribution in [0.5, 0.6) is 0 Å². The van der Waals surface area contributed by atoms with Gasteiger partial charge in [-0.25, -0.2) is 14.8 Å². The fourth-order valence-electron chi connectivity index (χ4n) is 2.89. The van der Waals surface area contributed by atoms with E-state index in [0.29, 0.717) is 11.9 Å². The van der Waals surface area contributed by atoms with Gasteiger partial charge < -0.3 is 5.11 Å². The van der Waals surface area contributed by atoms with Gasteiger partial charge in [0, 0.05) is 18.0 Å². The molecule has 0 aliphatic rings. The van der Waals surface area contributed by atoms with Gasteiger partial charge in [-0.2, -0.15) is 5.10 Å². The number of nitrogens with zero attached hydrogens (tertiary/aromatic N) is 4. The topological polar surface area (TPSA) is 80.9 Å². The van der Waals surface area contributed by atoms with Gasteiger partial charge in [0.05, 0.1) is 22.9 Å². The number of fused-ring (bicyclic) bond motifs is 1. The zero-order chi connectivity index (χ0) is 17.4. The molecule has 0 aliphatic carbocycles. The molecule has 4 aromatic rings. The number of rotatable bonds is 4. The molecule has 3 aromatic heterocycles. The lowest BCUT2D eigenvalue weighted by Crippen LogP contribution is -2.04. The summed E-state index contributed by atoms with van der Waals surface area (Å²) in [4.78, 5) is 19.8. The van der Waals surface area contributed by atoms with Crippen LogP contribution in [0.4, 0.5) is 0 Å². The van der Waals surface area contributed by atoms with Crippen LogP contribution in [0.25, 0.3) is 22.3 Å². The van der Waals surface area contributed by atoms with Gasteiger partial charge in [-0.05, 0) is 23.6 Å². The molecule has 0 unspecified atom stereocenters. The van der Waals surface area contributed by atoms with Gasteiger partial charge in [0.15, 0.2) is 0 Å². The third-order valence-electron chi connectivity index (χ3n) is 4.07. The second-order valence-corrected chi connectivity index (χ2v) is 6.44. The van der Waals surface area contributed by atoms with Gasteiger partial charge >= 0.3 is 5.97 Å². The highest BCUT2D eigenvalue weighted by molar-refractivity contribution is 7.07. The maximum Gasteiger partial charge on any atom is 0.354 e. The number of aromatic carboxylic acids is 1. The first-order chi connectivity index (χ1) is 12.1. The van der Waals surface area contributed by atoms with Gasteiger partial charge in [-0.3, -0.25) is 4.68 Å². The SMILES string of the molecule is Cn1ncc2nc(C(=O)O)cc(Cc3ccc(-c4cscn4)cc3)c21. The summed E-state index contributed by atoms with van der Waals surface area (Å²) in [7, 11) is 1.83. The highest BCUT2D eigenvalue weighted by Crippen LogP contribution is 2.23. The van der Waals surface area contributed by atoms with Crippen LogP contribution < -0.4 is 0 Å². The van der Waals surface area contributed by atoms with Crippen molar-refractivity contribution in [2.75, 3.05) is 0 Å². The molecule has 0 saturated heterocycles. The molecule has 124 valence electrons. The van der Waals surface area contributed by atoms with Crippen LogP contribution in [0.15, 0.2) is 47.4 Å². The van der Waals surface area contributed by atoms with Crippen molar-refractivity contribution in [3.05, 3.63) is 64.2 Å². The van der Waals surface area contributed by atoms with Crippen LogP contribution in [-0.2, 0) is 13.5 Å². The molecule has 0 atom stereocenters. The Labute approximate surface area is 147 Å². The fraction of sp³-hybridized carbons (Fsp3) is 0.111. The molecule has 0 amide bonds. The predicted octanol–water partition coefficient (Wildman–Crippen LogP) is 3.38. The van der Waals surface area contributed by atoms with Crippen molar-refractivity contribution in [1.82, 2.24) is 19.7 Å². The Morgan fingerprint density at radius 1 is 1.28 bits per heavy atom. The summed E-state index contributed by atoms with van der Waals surface area (Å²) in [5, 5.41) is 15.5. The molecular formula is C18H14N4O2S. The number of carboxylic acid groups (broad SMARTS) is 1. The quantitative estimate of drug-likeness (QED) is 0.610. The molecule has 0 radical (unpaired) electrons. The van der Waals surface area contributed by atoms with Gasteiger partial charge in [0.25, 0.3) is 0 Å². The fourth-order valence-corrected chi connectivity index (χ4v) is 3.45. The van der Waals surface area contributed by atoms with E-state index in [-0.39, 0.29) is 5.69 Å². The van der Waals surface area contributed by atoms with E-state index >= 15 is 0 Å². The van der Waals surface area contributed by atoms with Crippen LogP contribution in [0, 0.1) is 0 Å². The summed E-state index contributed by atoms with van der Waals surface area (Å²) in [6.45, 7) is 0. The smallest absolute Gasteiger partial charge is 0.354 e. The van der Waals surface area contributed by atoms with Crippen LogP contribution in [0.1, 0.15) is 21.6 Å². The summed E-state index contributed by atoms with van der Waals surface area (Å²) in [5.74, 6) is -1.04. The molecule has 3 heterocycles. The number of hydrogen-bond donors (Lipinski definition) is 1. The monoisotopic (exact) mass is 350 g/mol. The van der Waals surface area contributed by atoms with Crippen molar-refractivity contribution >= 4 is 28.3 Å². The van der Waals surface area contributed by atoms with E-state index in [1.165, 1.54) is 0 Å². The summed E-state index contributed by atoms with van der Waals surface area (Å²) >= 11 is 1.57. The first-order valence-corrected chi connectivity index (χ1v) is 8.58. The number of carboxylic acids is 1. The Hall–Kier alpha value is -3.06. The predicted molar refractivity (Wildman–Crippen MR) is 95.8 cm³/mol. The van der Waals surface area contributed by atoms with Gasteiger partial charge in [-0.1, -0.05) is 24.3 Å². The van der Waals surface area contributed by atoms with Crippen LogP contribution in [-0.4, -0.2) is 30.8 Å². The molecule has 6 nitrogen and oxygen atoms in total. The van der Waals surface area contributed by atoms with Crippen molar-refractivity contribution in [3.8, 4) is 11.3 Å². The van der Waals surface area contributed by atoms with E-state index in [1.54, 1.807) is 28.3 Å². The first-order valence-electron chi connectivity index (χ1n) is 7.64. The van der Waals surface area contributed by atoms with Gasteiger partial charge in [0.1, 0.15) is 11.2 Å². The van der Waals surface area contributed by atoms with Crippen LogP contribution in [0.2, 0.25) is 0 Å². The standard InChI is InChI=1S/C18H14N4O2S/c1-22-17-13(7-14(18(23)24)21-15(17)8-20-22)6-11-2-4-12(5-3-11)16-9-25-10-19-16/h2-5,7-10H,6H2,1H3,(H,23,24). The molecule has 0 fully saturated rings. The summed E-state index contributed by atoms with van der Waals surface area (Å²) < 4.78 is 1.73. The van der Waals surface area contributed by atoms with Crippen LogP contribution in [0.3, 0.4) is 0 Å². The third kappa shape index (κ3) is 2.89. The number of pyridine rings is 1. The third-order valence-corrected chi connectivity index (χ3v) is 4.66. The van der Waals surface area contributed by atoms with E-state index in [1.807, 2.05) is 42.2 Å². The largest absolute Gasteiger partial charge is 0.477 e. The second kappa shape index (κ2) is 6.10. The number of thiazole rings is 1. The minimum Gasteiger partial charge on any atom is -0.477 e. The number of aryl methyl sites for hydroxylation is 1. The molecule has 0 bridgehead atoms. The first kappa shape index (κ1) is 15.5. The Bertz CT molecular complexity index is 1050. The average molecular weight is 350 g/mol. The van der Waals surface area contributed by atoms with Crippen molar-refractivity contribution in [2.45, 2.75) is 6.42 Å². The molecule has 25 heavy (non-hydrogen) atoms. The normalized spacial score (nSPS) is 11.1. The molecule has 0 spiro atoms. The Morgan fingerprint density at radius 2 is 2.08 bits per heavy atom. The summed E-state index contributed by atoms with van der Waals surface area (Å²) in [6, 6.07) is 9.77. The van der Waals surface area contributed by atoms with Gasteiger partial charge in [0.2, 0.25) is 0 Å². The molecule has 0 aliphatic heterocycles. The van der Waals surface area contributed by atoms with E-state index in [2.05, 4.69) is 15.1 Å². The maximum atomic E-state index is 11.3. The maximum absolute atomic E-state index is 11.3. The lowest BCUT2D eigenvalue weighted by Gasteiger charge is -2.08. The zero-order valence-corrected chi connectivity index (χ0v) is 14.2. The zero-order valence-electron chi connectivity index (χ0n) is 13.4. The summed E-state index contributed by atoms with van der Waals surface area (Å²) in [5.41, 5.74) is 7.30. The Balaban J connectivity index is 1.72. The highest BCUT2D eigenvalue weighted by atomic mass is 32.1. The average Bonchev–Trinajstić information content (AvgIpc) is 3.26. The molecule has 0 saturated carbocycles. The Kier molecular flexibility index (Phi) is 3.77. The number of carbonyl (C=O) groups is 1. The lowest BCUT2D eigenvalue weighted by molar-refractivity contribution is 0.0691. The molecular weight excluding hydrogens is 336 g/mol. The number of hydrogen-bond acceptors (Lipinski definition) is 5. The Morgan fingerprint density at radius 3 is 2.76 bits per heavy atom. The van der Waals surface area contributed by atoms with Gasteiger partial charge in [-0.15, -0.1) is 11.3 Å². The number of benzene rings is 1. The second-order valence-electron chi connectivity index (χ2n) is 5.72. The van der Waals surface area contributed by atoms with E-state index in [0.717, 1.165) is 27.9 Å². The molecule has 4 rings (SSSR count). The van der Waals surface area contributed by atoms with Crippen LogP contribution >= 0.6 is 11.3 Å². The molecule has 7 heteroatoms. The highest BCUT2D eigenvalue weighted by Gasteiger charge is 2.14. The van der Waals surface area contributed by atoms with Crippen molar-refractivity contribution in [3.63, 3.8) is 0 Å². The van der Waals surface area contributed by atoms with Crippen molar-refractivity contribution in [1.29, 1.82) is 0 Å². The minimum atomic E-state index is -1.04. The van der Waals surface area contributed by atoms with Crippen molar-refractivity contribution < 1.29 is 9.90 Å². The van der Waals surface area contributed by atoms with E-state index in [9.17, 15) is 9.90 Å². The van der Waals surface area contributed by atoms with E-state index in [4.69, 9.17) is 0 Å². The lowest BCUT2D eigenvalue weighted by atomic mass is 10.0.